The fraction of sp³-hybridized carbons (Fsp3) is 0.412. The highest BCUT2D eigenvalue weighted by molar-refractivity contribution is 5.82. The number of esters is 1. The van der Waals surface area contributed by atoms with E-state index in [1.807, 2.05) is 42.5 Å². The minimum atomic E-state index is -1.07. The maximum absolute atomic E-state index is 12.5. The summed E-state index contributed by atoms with van der Waals surface area (Å²) in [5.41, 5.74) is 0.849. The SMILES string of the molecule is COC(=O)[C@H](CO)N(C(=O)OCc1ccccc1)[C@H]1C=CCC1. The van der Waals surface area contributed by atoms with E-state index in [0.29, 0.717) is 6.42 Å². The van der Waals surface area contributed by atoms with Crippen LogP contribution in [0.3, 0.4) is 0 Å². The molecule has 0 aromatic heterocycles. The second-order valence-corrected chi connectivity index (χ2v) is 5.24. The molecule has 23 heavy (non-hydrogen) atoms. The molecule has 0 unspecified atom stereocenters. The summed E-state index contributed by atoms with van der Waals surface area (Å²) < 4.78 is 10.00. The van der Waals surface area contributed by atoms with Gasteiger partial charge in [0.2, 0.25) is 0 Å². The van der Waals surface area contributed by atoms with Gasteiger partial charge < -0.3 is 14.6 Å². The number of allylic oxidation sites excluding steroid dienone is 1. The van der Waals surface area contributed by atoms with Crippen molar-refractivity contribution in [2.24, 2.45) is 0 Å². The third kappa shape index (κ3) is 4.32. The number of carbonyl (C=O) groups is 2. The minimum Gasteiger partial charge on any atom is -0.467 e. The molecule has 1 aromatic carbocycles. The lowest BCUT2D eigenvalue weighted by Crippen LogP contribution is -2.52. The van der Waals surface area contributed by atoms with Gasteiger partial charge >= 0.3 is 12.1 Å². The Hall–Kier alpha value is -2.34. The van der Waals surface area contributed by atoms with Gasteiger partial charge in [0.25, 0.3) is 0 Å². The Balaban J connectivity index is 2.10. The lowest BCUT2D eigenvalue weighted by Gasteiger charge is -2.32. The first kappa shape index (κ1) is 17.0. The summed E-state index contributed by atoms with van der Waals surface area (Å²) in [6.45, 7) is -0.413. The van der Waals surface area contributed by atoms with Crippen molar-refractivity contribution in [3.63, 3.8) is 0 Å². The van der Waals surface area contributed by atoms with Gasteiger partial charge in [0, 0.05) is 0 Å². The van der Waals surface area contributed by atoms with E-state index in [-0.39, 0.29) is 12.6 Å². The molecule has 0 heterocycles. The van der Waals surface area contributed by atoms with Crippen LogP contribution in [-0.2, 0) is 20.9 Å². The number of ether oxygens (including phenoxy) is 2. The maximum atomic E-state index is 12.5. The zero-order chi connectivity index (χ0) is 16.7. The molecule has 2 rings (SSSR count). The minimum absolute atomic E-state index is 0.103. The second kappa shape index (κ2) is 8.33. The molecule has 124 valence electrons. The van der Waals surface area contributed by atoms with Crippen LogP contribution in [0.4, 0.5) is 4.79 Å². The average molecular weight is 319 g/mol. The van der Waals surface area contributed by atoms with E-state index in [2.05, 4.69) is 4.74 Å². The van der Waals surface area contributed by atoms with E-state index in [1.54, 1.807) is 0 Å². The van der Waals surface area contributed by atoms with Crippen molar-refractivity contribution in [2.75, 3.05) is 13.7 Å². The Labute approximate surface area is 135 Å². The standard InChI is InChI=1S/C17H21NO5/c1-22-16(20)15(11-19)18(14-9-5-6-10-14)17(21)23-12-13-7-3-2-4-8-13/h2-5,7-9,14-15,19H,6,10-12H2,1H3/t14-,15-/m0/s1. The van der Waals surface area contributed by atoms with Crippen LogP contribution < -0.4 is 0 Å². The molecule has 1 amide bonds. The number of nitrogens with zero attached hydrogens (tertiary/aromatic N) is 1. The summed E-state index contributed by atoms with van der Waals surface area (Å²) in [5, 5.41) is 9.52. The number of carbonyl (C=O) groups excluding carboxylic acids is 2. The molecule has 6 heteroatoms. The number of methoxy groups -OCH3 is 1. The predicted octanol–water partition coefficient (Wildman–Crippen LogP) is 1.88. The lowest BCUT2D eigenvalue weighted by molar-refractivity contribution is -0.148. The highest BCUT2D eigenvalue weighted by Gasteiger charge is 2.36. The number of hydrogen-bond acceptors (Lipinski definition) is 5. The molecule has 1 aliphatic rings. The fourth-order valence-electron chi connectivity index (χ4n) is 2.55. The fourth-order valence-corrected chi connectivity index (χ4v) is 2.55. The van der Waals surface area contributed by atoms with Gasteiger partial charge in [-0.25, -0.2) is 9.59 Å². The molecule has 1 aliphatic carbocycles. The number of amides is 1. The molecule has 2 atom stereocenters. The zero-order valence-electron chi connectivity index (χ0n) is 13.1. The molecule has 0 spiro atoms. The van der Waals surface area contributed by atoms with Crippen molar-refractivity contribution >= 4 is 12.1 Å². The molecular formula is C17H21NO5. The maximum Gasteiger partial charge on any atom is 0.411 e. The van der Waals surface area contributed by atoms with Gasteiger partial charge in [0.05, 0.1) is 19.8 Å². The van der Waals surface area contributed by atoms with Crippen molar-refractivity contribution in [2.45, 2.75) is 31.5 Å². The number of aliphatic hydroxyl groups is 1. The average Bonchev–Trinajstić information content (AvgIpc) is 3.11. The first-order valence-electron chi connectivity index (χ1n) is 7.51. The van der Waals surface area contributed by atoms with Crippen LogP contribution in [0, 0.1) is 0 Å². The normalized spacial score (nSPS) is 17.6. The van der Waals surface area contributed by atoms with Crippen LogP contribution in [0.2, 0.25) is 0 Å². The van der Waals surface area contributed by atoms with Crippen molar-refractivity contribution < 1.29 is 24.2 Å². The van der Waals surface area contributed by atoms with Crippen LogP contribution in [0.15, 0.2) is 42.5 Å². The van der Waals surface area contributed by atoms with Gasteiger partial charge in [0.1, 0.15) is 6.61 Å². The molecular weight excluding hydrogens is 298 g/mol. The van der Waals surface area contributed by atoms with Crippen molar-refractivity contribution in [1.82, 2.24) is 4.90 Å². The highest BCUT2D eigenvalue weighted by Crippen LogP contribution is 2.21. The van der Waals surface area contributed by atoms with E-state index >= 15 is 0 Å². The van der Waals surface area contributed by atoms with E-state index in [1.165, 1.54) is 12.0 Å². The summed E-state index contributed by atoms with van der Waals surface area (Å²) in [5.74, 6) is -0.663. The van der Waals surface area contributed by atoms with Crippen LogP contribution in [0.5, 0.6) is 0 Å². The topological polar surface area (TPSA) is 76.1 Å². The van der Waals surface area contributed by atoms with Crippen LogP contribution in [-0.4, -0.2) is 47.9 Å². The molecule has 0 saturated heterocycles. The Kier molecular flexibility index (Phi) is 6.17. The van der Waals surface area contributed by atoms with E-state index < -0.39 is 24.7 Å². The Morgan fingerprint density at radius 3 is 2.65 bits per heavy atom. The number of benzene rings is 1. The molecule has 0 saturated carbocycles. The molecule has 1 N–H and O–H groups in total. The van der Waals surface area contributed by atoms with E-state index in [9.17, 15) is 14.7 Å². The molecule has 6 nitrogen and oxygen atoms in total. The van der Waals surface area contributed by atoms with Crippen molar-refractivity contribution in [3.05, 3.63) is 48.0 Å². The lowest BCUT2D eigenvalue weighted by atomic mass is 10.1. The van der Waals surface area contributed by atoms with Crippen LogP contribution in [0.1, 0.15) is 18.4 Å². The first-order chi connectivity index (χ1) is 11.2. The van der Waals surface area contributed by atoms with Gasteiger partial charge in [-0.05, 0) is 18.4 Å². The van der Waals surface area contributed by atoms with E-state index in [0.717, 1.165) is 12.0 Å². The summed E-state index contributed by atoms with van der Waals surface area (Å²) in [6, 6.07) is 7.91. The monoisotopic (exact) mass is 319 g/mol. The third-order valence-corrected chi connectivity index (χ3v) is 3.74. The Morgan fingerprint density at radius 1 is 1.35 bits per heavy atom. The largest absolute Gasteiger partial charge is 0.467 e. The summed E-state index contributed by atoms with van der Waals surface area (Å²) in [7, 11) is 1.23. The smallest absolute Gasteiger partial charge is 0.411 e. The summed E-state index contributed by atoms with van der Waals surface area (Å²) >= 11 is 0. The number of hydrogen-bond donors (Lipinski definition) is 1. The third-order valence-electron chi connectivity index (χ3n) is 3.74. The Bertz CT molecular complexity index is 557. The predicted molar refractivity (Wildman–Crippen MR) is 83.5 cm³/mol. The summed E-state index contributed by atoms with van der Waals surface area (Å²) in [4.78, 5) is 25.6. The highest BCUT2D eigenvalue weighted by atomic mass is 16.6. The molecule has 1 aromatic rings. The number of rotatable bonds is 6. The van der Waals surface area contributed by atoms with Gasteiger partial charge in [-0.15, -0.1) is 0 Å². The zero-order valence-corrected chi connectivity index (χ0v) is 13.1. The van der Waals surface area contributed by atoms with Crippen LogP contribution >= 0.6 is 0 Å². The van der Waals surface area contributed by atoms with Gasteiger partial charge in [-0.2, -0.15) is 0 Å². The Morgan fingerprint density at radius 2 is 2.09 bits per heavy atom. The first-order valence-corrected chi connectivity index (χ1v) is 7.51. The van der Waals surface area contributed by atoms with Crippen molar-refractivity contribution in [1.29, 1.82) is 0 Å². The second-order valence-electron chi connectivity index (χ2n) is 5.24. The van der Waals surface area contributed by atoms with E-state index in [4.69, 9.17) is 4.74 Å². The van der Waals surface area contributed by atoms with Gasteiger partial charge in [0.15, 0.2) is 6.04 Å². The van der Waals surface area contributed by atoms with Crippen LogP contribution in [0.25, 0.3) is 0 Å². The van der Waals surface area contributed by atoms with Gasteiger partial charge in [-0.1, -0.05) is 42.5 Å². The number of aliphatic hydroxyl groups excluding tert-OH is 1. The quantitative estimate of drug-likeness (QED) is 0.640. The molecule has 0 fully saturated rings. The van der Waals surface area contributed by atoms with Gasteiger partial charge in [-0.3, -0.25) is 4.90 Å². The molecule has 0 aliphatic heterocycles. The van der Waals surface area contributed by atoms with Crippen molar-refractivity contribution in [3.8, 4) is 0 Å². The molecule has 0 radical (unpaired) electrons. The molecule has 0 bridgehead atoms. The summed E-state index contributed by atoms with van der Waals surface area (Å²) in [6.07, 6.45) is 4.64.